The lowest BCUT2D eigenvalue weighted by atomic mass is 10.1. The lowest BCUT2D eigenvalue weighted by Gasteiger charge is -2.11. The number of hydrogen-bond donors (Lipinski definition) is 1. The van der Waals surface area contributed by atoms with E-state index < -0.39 is 0 Å². The Morgan fingerprint density at radius 1 is 1.50 bits per heavy atom. The molecule has 1 saturated carbocycles. The molecule has 3 atom stereocenters. The van der Waals surface area contributed by atoms with Crippen LogP contribution in [0, 0.1) is 17.3 Å². The van der Waals surface area contributed by atoms with Gasteiger partial charge < -0.3 is 5.32 Å². The Hall–Kier alpha value is -0.210. The smallest absolute Gasteiger partial charge is 0.224 e. The summed E-state index contributed by atoms with van der Waals surface area (Å²) in [7, 11) is 0. The highest BCUT2D eigenvalue weighted by molar-refractivity contribution is 6.55. The van der Waals surface area contributed by atoms with Crippen molar-refractivity contribution >= 4 is 29.1 Å². The van der Waals surface area contributed by atoms with Crippen LogP contribution >= 0.6 is 23.2 Å². The summed E-state index contributed by atoms with van der Waals surface area (Å²) in [6, 6.07) is 0.222. The van der Waals surface area contributed by atoms with Crippen LogP contribution in [0.5, 0.6) is 0 Å². The van der Waals surface area contributed by atoms with Gasteiger partial charge >= 0.3 is 0 Å². The van der Waals surface area contributed by atoms with Crippen molar-refractivity contribution in [3.63, 3.8) is 0 Å². The number of halogens is 2. The molecule has 1 fully saturated rings. The van der Waals surface area contributed by atoms with Gasteiger partial charge in [0.05, 0.1) is 5.92 Å². The molecule has 0 heterocycles. The fourth-order valence-corrected chi connectivity index (χ4v) is 2.33. The fraction of sp³-hybridized carbons (Fsp3) is 0.750. The normalized spacial score (nSPS) is 28.1. The van der Waals surface area contributed by atoms with E-state index in [9.17, 15) is 4.79 Å². The maximum Gasteiger partial charge on any atom is 0.224 e. The topological polar surface area (TPSA) is 29.1 Å². The third-order valence-corrected chi connectivity index (χ3v) is 3.75. The van der Waals surface area contributed by atoms with E-state index in [1.807, 2.05) is 6.92 Å². The van der Waals surface area contributed by atoms with Crippen LogP contribution in [0.4, 0.5) is 0 Å². The summed E-state index contributed by atoms with van der Waals surface area (Å²) in [5.41, 5.74) is -0.0351. The second-order valence-electron chi connectivity index (χ2n) is 5.10. The van der Waals surface area contributed by atoms with E-state index in [2.05, 4.69) is 26.1 Å². The minimum atomic E-state index is -0.0351. The van der Waals surface area contributed by atoms with Crippen molar-refractivity contribution in [2.24, 2.45) is 17.3 Å². The highest BCUT2D eigenvalue weighted by Gasteiger charge is 2.60. The highest BCUT2D eigenvalue weighted by Crippen LogP contribution is 2.59. The maximum absolute atomic E-state index is 12.0. The first-order chi connectivity index (χ1) is 7.30. The molecule has 92 valence electrons. The average molecular weight is 264 g/mol. The summed E-state index contributed by atoms with van der Waals surface area (Å²) in [6.07, 6.45) is 2.71. The highest BCUT2D eigenvalue weighted by atomic mass is 35.5. The van der Waals surface area contributed by atoms with E-state index in [1.54, 1.807) is 6.08 Å². The van der Waals surface area contributed by atoms with Gasteiger partial charge in [-0.2, -0.15) is 0 Å². The molecular weight excluding hydrogens is 245 g/mol. The van der Waals surface area contributed by atoms with Crippen molar-refractivity contribution in [1.29, 1.82) is 0 Å². The SMILES string of the molecule is CC[C@H](C)NC(=O)[C@H]1[C@@H](C=C(Cl)Cl)C1(C)C. The van der Waals surface area contributed by atoms with Crippen molar-refractivity contribution in [3.8, 4) is 0 Å². The first kappa shape index (κ1) is 13.9. The molecule has 0 radical (unpaired) electrons. The molecule has 0 aromatic carbocycles. The molecule has 1 aliphatic rings. The van der Waals surface area contributed by atoms with Crippen LogP contribution in [0.15, 0.2) is 10.6 Å². The monoisotopic (exact) mass is 263 g/mol. The Morgan fingerprint density at radius 2 is 2.06 bits per heavy atom. The van der Waals surface area contributed by atoms with Gasteiger partial charge in [-0.25, -0.2) is 0 Å². The molecule has 1 rings (SSSR count). The van der Waals surface area contributed by atoms with Crippen LogP contribution in [0.2, 0.25) is 0 Å². The largest absolute Gasteiger partial charge is 0.353 e. The summed E-state index contributed by atoms with van der Waals surface area (Å²) in [6.45, 7) is 8.18. The zero-order chi connectivity index (χ0) is 12.5. The minimum absolute atomic E-state index is 0.00556. The Morgan fingerprint density at radius 3 is 2.50 bits per heavy atom. The average Bonchev–Trinajstić information content (AvgIpc) is 2.66. The molecule has 0 aliphatic heterocycles. The Labute approximate surface area is 107 Å². The van der Waals surface area contributed by atoms with Crippen molar-refractivity contribution < 1.29 is 4.79 Å². The van der Waals surface area contributed by atoms with E-state index in [1.165, 1.54) is 0 Å². The summed E-state index contributed by atoms with van der Waals surface area (Å²) in [4.78, 5) is 12.0. The fourth-order valence-electron chi connectivity index (χ4n) is 2.06. The number of hydrogen-bond acceptors (Lipinski definition) is 1. The summed E-state index contributed by atoms with van der Waals surface area (Å²) in [5.74, 6) is 0.255. The lowest BCUT2D eigenvalue weighted by Crippen LogP contribution is -2.34. The van der Waals surface area contributed by atoms with Crippen LogP contribution in [-0.2, 0) is 4.79 Å². The van der Waals surface area contributed by atoms with Gasteiger partial charge in [-0.15, -0.1) is 0 Å². The van der Waals surface area contributed by atoms with Crippen LogP contribution in [0.25, 0.3) is 0 Å². The van der Waals surface area contributed by atoms with Crippen LogP contribution in [-0.4, -0.2) is 11.9 Å². The molecule has 0 aromatic heterocycles. The van der Waals surface area contributed by atoms with Crippen LogP contribution < -0.4 is 5.32 Å². The molecule has 2 nitrogen and oxygen atoms in total. The van der Waals surface area contributed by atoms with E-state index in [0.29, 0.717) is 0 Å². The minimum Gasteiger partial charge on any atom is -0.353 e. The predicted octanol–water partition coefficient (Wildman–Crippen LogP) is 3.49. The van der Waals surface area contributed by atoms with Gasteiger partial charge in [0.2, 0.25) is 5.91 Å². The van der Waals surface area contributed by atoms with Crippen molar-refractivity contribution in [3.05, 3.63) is 10.6 Å². The Bertz CT molecular complexity index is 308. The van der Waals surface area contributed by atoms with Crippen molar-refractivity contribution in [1.82, 2.24) is 5.32 Å². The lowest BCUT2D eigenvalue weighted by molar-refractivity contribution is -0.123. The number of carbonyl (C=O) groups is 1. The molecular formula is C12H19Cl2NO. The van der Waals surface area contributed by atoms with Crippen molar-refractivity contribution in [2.75, 3.05) is 0 Å². The standard InChI is InChI=1S/C12H19Cl2NO/c1-5-7(2)15-11(16)10-8(6-9(13)14)12(10,3)4/h6-8,10H,5H2,1-4H3,(H,15,16)/t7-,8+,10+/m0/s1. The second kappa shape index (κ2) is 4.97. The third kappa shape index (κ3) is 2.92. The Balaban J connectivity index is 2.63. The molecule has 0 saturated heterocycles. The van der Waals surface area contributed by atoms with E-state index >= 15 is 0 Å². The Kier molecular flexibility index (Phi) is 4.30. The van der Waals surface area contributed by atoms with Gasteiger partial charge in [-0.3, -0.25) is 4.79 Å². The maximum atomic E-state index is 12.0. The first-order valence-corrected chi connectivity index (χ1v) is 6.39. The number of allylic oxidation sites excluding steroid dienone is 1. The van der Waals surface area contributed by atoms with Crippen LogP contribution in [0.3, 0.4) is 0 Å². The number of nitrogens with one attached hydrogen (secondary N) is 1. The van der Waals surface area contributed by atoms with E-state index in [-0.39, 0.29) is 33.7 Å². The molecule has 1 aliphatic carbocycles. The zero-order valence-corrected chi connectivity index (χ0v) is 11.7. The molecule has 0 aromatic rings. The zero-order valence-electron chi connectivity index (χ0n) is 10.2. The molecule has 4 heteroatoms. The van der Waals surface area contributed by atoms with E-state index in [4.69, 9.17) is 23.2 Å². The third-order valence-electron chi connectivity index (χ3n) is 3.50. The number of carbonyl (C=O) groups excluding carboxylic acids is 1. The predicted molar refractivity (Wildman–Crippen MR) is 68.4 cm³/mol. The summed E-state index contributed by atoms with van der Waals surface area (Å²) in [5, 5.41) is 3.00. The summed E-state index contributed by atoms with van der Waals surface area (Å²) < 4.78 is 0.247. The van der Waals surface area contributed by atoms with Gasteiger partial charge in [0.25, 0.3) is 0 Å². The molecule has 1 N–H and O–H groups in total. The number of rotatable bonds is 4. The number of amides is 1. The summed E-state index contributed by atoms with van der Waals surface area (Å²) >= 11 is 11.3. The van der Waals surface area contributed by atoms with Gasteiger partial charge in [0.1, 0.15) is 4.49 Å². The van der Waals surface area contributed by atoms with Gasteiger partial charge in [-0.05, 0) is 30.8 Å². The second-order valence-corrected chi connectivity index (χ2v) is 6.11. The molecule has 0 spiro atoms. The van der Waals surface area contributed by atoms with Crippen LogP contribution in [0.1, 0.15) is 34.1 Å². The molecule has 0 bridgehead atoms. The molecule has 16 heavy (non-hydrogen) atoms. The first-order valence-electron chi connectivity index (χ1n) is 5.63. The van der Waals surface area contributed by atoms with Gasteiger partial charge in [0.15, 0.2) is 0 Å². The molecule has 0 unspecified atom stereocenters. The van der Waals surface area contributed by atoms with E-state index in [0.717, 1.165) is 6.42 Å². The van der Waals surface area contributed by atoms with Gasteiger partial charge in [0, 0.05) is 6.04 Å². The van der Waals surface area contributed by atoms with Gasteiger partial charge in [-0.1, -0.05) is 44.0 Å². The molecule has 1 amide bonds. The van der Waals surface area contributed by atoms with Crippen molar-refractivity contribution in [2.45, 2.75) is 40.2 Å². The quantitative estimate of drug-likeness (QED) is 0.827.